The van der Waals surface area contributed by atoms with Crippen molar-refractivity contribution in [3.63, 3.8) is 0 Å². The van der Waals surface area contributed by atoms with E-state index in [9.17, 15) is 4.79 Å². The Morgan fingerprint density at radius 3 is 2.53 bits per heavy atom. The largest absolute Gasteiger partial charge is 0.303 e. The van der Waals surface area contributed by atoms with E-state index in [-0.39, 0.29) is 5.41 Å². The highest BCUT2D eigenvalue weighted by atomic mass is 16.1. The molecule has 0 heterocycles. The summed E-state index contributed by atoms with van der Waals surface area (Å²) >= 11 is 0. The van der Waals surface area contributed by atoms with Crippen LogP contribution in [0.1, 0.15) is 53.9 Å². The van der Waals surface area contributed by atoms with Gasteiger partial charge >= 0.3 is 0 Å². The Morgan fingerprint density at radius 1 is 1.47 bits per heavy atom. The molecule has 0 spiro atoms. The van der Waals surface area contributed by atoms with Gasteiger partial charge in [-0.3, -0.25) is 0 Å². The van der Waals surface area contributed by atoms with Crippen molar-refractivity contribution in [3.05, 3.63) is 23.3 Å². The number of aldehydes is 1. The molecule has 0 aromatic rings. The number of allylic oxidation sites excluding steroid dienone is 4. The molecule has 96 valence electrons. The molecule has 1 aliphatic carbocycles. The standard InChI is InChI=1S/C16H26O/c1-6-13(4)16(14(5)8-10-17)9-7-15(11-16)12(2)3/h6,10-12,14H,7-9H2,1-5H3/b13-6-. The van der Waals surface area contributed by atoms with Crippen molar-refractivity contribution < 1.29 is 4.79 Å². The number of carbonyl (C=O) groups excluding carboxylic acids is 1. The second-order valence-electron chi connectivity index (χ2n) is 5.69. The second kappa shape index (κ2) is 5.66. The normalized spacial score (nSPS) is 27.2. The lowest BCUT2D eigenvalue weighted by molar-refractivity contribution is -0.109. The highest BCUT2D eigenvalue weighted by Crippen LogP contribution is 2.50. The van der Waals surface area contributed by atoms with Crippen molar-refractivity contribution in [1.29, 1.82) is 0 Å². The number of carbonyl (C=O) groups is 1. The molecule has 0 saturated carbocycles. The van der Waals surface area contributed by atoms with Crippen LogP contribution in [-0.4, -0.2) is 6.29 Å². The first-order chi connectivity index (χ1) is 7.97. The van der Waals surface area contributed by atoms with Gasteiger partial charge in [0.15, 0.2) is 0 Å². The van der Waals surface area contributed by atoms with E-state index in [0.717, 1.165) is 6.29 Å². The Morgan fingerprint density at radius 2 is 2.12 bits per heavy atom. The second-order valence-corrected chi connectivity index (χ2v) is 5.69. The van der Waals surface area contributed by atoms with E-state index in [1.165, 1.54) is 18.4 Å². The topological polar surface area (TPSA) is 17.1 Å². The Labute approximate surface area is 106 Å². The van der Waals surface area contributed by atoms with Crippen LogP contribution < -0.4 is 0 Å². The van der Waals surface area contributed by atoms with Gasteiger partial charge in [-0.1, -0.05) is 44.1 Å². The van der Waals surface area contributed by atoms with Crippen molar-refractivity contribution in [3.8, 4) is 0 Å². The van der Waals surface area contributed by atoms with Gasteiger partial charge in [-0.25, -0.2) is 0 Å². The van der Waals surface area contributed by atoms with Gasteiger partial charge < -0.3 is 4.79 Å². The van der Waals surface area contributed by atoms with E-state index in [1.54, 1.807) is 5.57 Å². The fraction of sp³-hybridized carbons (Fsp3) is 0.688. The summed E-state index contributed by atoms with van der Waals surface area (Å²) in [5.74, 6) is 1.04. The minimum atomic E-state index is 0.134. The molecule has 0 aromatic carbocycles. The molecule has 2 atom stereocenters. The molecule has 0 amide bonds. The lowest BCUT2D eigenvalue weighted by Crippen LogP contribution is -2.26. The maximum absolute atomic E-state index is 10.8. The molecule has 1 rings (SSSR count). The third kappa shape index (κ3) is 2.70. The van der Waals surface area contributed by atoms with E-state index in [2.05, 4.69) is 46.8 Å². The Hall–Kier alpha value is -0.850. The summed E-state index contributed by atoms with van der Waals surface area (Å²) < 4.78 is 0. The van der Waals surface area contributed by atoms with Crippen LogP contribution >= 0.6 is 0 Å². The fourth-order valence-electron chi connectivity index (χ4n) is 2.99. The number of rotatable bonds is 5. The van der Waals surface area contributed by atoms with E-state index in [4.69, 9.17) is 0 Å². The predicted octanol–water partition coefficient (Wildman–Crippen LogP) is 4.54. The van der Waals surface area contributed by atoms with Crippen LogP contribution in [0.5, 0.6) is 0 Å². The molecular weight excluding hydrogens is 208 g/mol. The lowest BCUT2D eigenvalue weighted by atomic mass is 9.69. The molecular formula is C16H26O. The lowest BCUT2D eigenvalue weighted by Gasteiger charge is -2.34. The van der Waals surface area contributed by atoms with E-state index in [0.29, 0.717) is 18.3 Å². The molecule has 0 aliphatic heterocycles. The van der Waals surface area contributed by atoms with Crippen molar-refractivity contribution in [2.45, 2.75) is 53.9 Å². The van der Waals surface area contributed by atoms with Crippen LogP contribution in [0.3, 0.4) is 0 Å². The van der Waals surface area contributed by atoms with Crippen LogP contribution in [0.25, 0.3) is 0 Å². The van der Waals surface area contributed by atoms with Crippen molar-refractivity contribution in [2.75, 3.05) is 0 Å². The first-order valence-electron chi connectivity index (χ1n) is 6.76. The Bertz CT molecular complexity index is 335. The molecule has 1 heteroatoms. The van der Waals surface area contributed by atoms with Crippen LogP contribution in [0.2, 0.25) is 0 Å². The van der Waals surface area contributed by atoms with E-state index in [1.807, 2.05) is 0 Å². The van der Waals surface area contributed by atoms with E-state index >= 15 is 0 Å². The SMILES string of the molecule is C/C=C(/C)C1(C(C)CC=O)C=C(C(C)C)CC1. The van der Waals surface area contributed by atoms with Crippen molar-refractivity contribution >= 4 is 6.29 Å². The van der Waals surface area contributed by atoms with Gasteiger partial charge in [0.1, 0.15) is 6.29 Å². The monoisotopic (exact) mass is 234 g/mol. The first kappa shape index (κ1) is 14.2. The maximum Gasteiger partial charge on any atom is 0.120 e. The number of hydrogen-bond donors (Lipinski definition) is 0. The summed E-state index contributed by atoms with van der Waals surface area (Å²) in [6.07, 6.45) is 8.75. The smallest absolute Gasteiger partial charge is 0.120 e. The summed E-state index contributed by atoms with van der Waals surface area (Å²) in [6.45, 7) is 11.0. The molecule has 17 heavy (non-hydrogen) atoms. The summed E-state index contributed by atoms with van der Waals surface area (Å²) in [5, 5.41) is 0. The molecule has 1 nitrogen and oxygen atoms in total. The zero-order valence-corrected chi connectivity index (χ0v) is 11.9. The first-order valence-corrected chi connectivity index (χ1v) is 6.76. The molecule has 0 N–H and O–H groups in total. The van der Waals surface area contributed by atoms with Gasteiger partial charge in [0, 0.05) is 11.8 Å². The Kier molecular flexibility index (Phi) is 4.73. The summed E-state index contributed by atoms with van der Waals surface area (Å²) in [7, 11) is 0. The molecule has 0 aromatic heterocycles. The van der Waals surface area contributed by atoms with Crippen molar-refractivity contribution in [1.82, 2.24) is 0 Å². The van der Waals surface area contributed by atoms with Gasteiger partial charge in [0.25, 0.3) is 0 Å². The molecule has 0 radical (unpaired) electrons. The average molecular weight is 234 g/mol. The molecule has 2 unspecified atom stereocenters. The molecule has 1 aliphatic rings. The third-order valence-corrected chi connectivity index (χ3v) is 4.51. The average Bonchev–Trinajstić information content (AvgIpc) is 2.74. The minimum Gasteiger partial charge on any atom is -0.303 e. The van der Waals surface area contributed by atoms with Gasteiger partial charge in [0.2, 0.25) is 0 Å². The quantitative estimate of drug-likeness (QED) is 0.504. The summed E-state index contributed by atoms with van der Waals surface area (Å²) in [5.41, 5.74) is 3.11. The molecule has 0 saturated heterocycles. The maximum atomic E-state index is 10.8. The zero-order valence-electron chi connectivity index (χ0n) is 11.9. The van der Waals surface area contributed by atoms with Gasteiger partial charge in [-0.15, -0.1) is 0 Å². The van der Waals surface area contributed by atoms with Crippen LogP contribution in [0, 0.1) is 17.3 Å². The van der Waals surface area contributed by atoms with Crippen LogP contribution in [0.15, 0.2) is 23.3 Å². The highest BCUT2D eigenvalue weighted by molar-refractivity contribution is 5.51. The fourth-order valence-corrected chi connectivity index (χ4v) is 2.99. The van der Waals surface area contributed by atoms with Crippen LogP contribution in [-0.2, 0) is 4.79 Å². The summed E-state index contributed by atoms with van der Waals surface area (Å²) in [6, 6.07) is 0. The van der Waals surface area contributed by atoms with Gasteiger partial charge in [0.05, 0.1) is 0 Å². The molecule has 0 fully saturated rings. The van der Waals surface area contributed by atoms with Crippen molar-refractivity contribution in [2.24, 2.45) is 17.3 Å². The van der Waals surface area contributed by atoms with Crippen LogP contribution in [0.4, 0.5) is 0 Å². The predicted molar refractivity (Wildman–Crippen MR) is 73.9 cm³/mol. The third-order valence-electron chi connectivity index (χ3n) is 4.51. The zero-order chi connectivity index (χ0) is 13.1. The number of hydrogen-bond acceptors (Lipinski definition) is 1. The minimum absolute atomic E-state index is 0.134. The van der Waals surface area contributed by atoms with Gasteiger partial charge in [-0.2, -0.15) is 0 Å². The highest BCUT2D eigenvalue weighted by Gasteiger charge is 2.39. The van der Waals surface area contributed by atoms with E-state index < -0.39 is 0 Å². The Balaban J connectivity index is 3.10. The summed E-state index contributed by atoms with van der Waals surface area (Å²) in [4.78, 5) is 10.8. The van der Waals surface area contributed by atoms with Gasteiger partial charge in [-0.05, 0) is 38.5 Å². The molecule has 0 bridgehead atoms.